The minimum absolute atomic E-state index is 0.246. The largest absolute Gasteiger partial charge is 0.391 e. The molecule has 1 saturated carbocycles. The zero-order chi connectivity index (χ0) is 11.2. The standard InChI is InChI=1S/C13H15FNO/c14-13-7-3-6-12(8-13)10-16-15-9-11-4-1-2-5-11/h3,6-8,11H,1-2,4-5,10H2. The highest BCUT2D eigenvalue weighted by Gasteiger charge is 2.12. The summed E-state index contributed by atoms with van der Waals surface area (Å²) in [6.45, 7) is 0.303. The third kappa shape index (κ3) is 3.33. The molecule has 16 heavy (non-hydrogen) atoms. The van der Waals surface area contributed by atoms with Crippen LogP contribution in [0.5, 0.6) is 0 Å². The van der Waals surface area contributed by atoms with Crippen molar-refractivity contribution in [1.82, 2.24) is 0 Å². The normalized spacial score (nSPS) is 17.1. The summed E-state index contributed by atoms with van der Waals surface area (Å²) in [6.07, 6.45) is 7.82. The summed E-state index contributed by atoms with van der Waals surface area (Å²) >= 11 is 0. The molecular weight excluding hydrogens is 205 g/mol. The van der Waals surface area contributed by atoms with Gasteiger partial charge < -0.3 is 4.84 Å². The van der Waals surface area contributed by atoms with E-state index >= 15 is 0 Å². The average Bonchev–Trinajstić information content (AvgIpc) is 2.77. The van der Waals surface area contributed by atoms with Crippen LogP contribution in [-0.4, -0.2) is 6.21 Å². The number of benzene rings is 1. The minimum Gasteiger partial charge on any atom is -0.391 e. The fraction of sp³-hybridized carbons (Fsp3) is 0.462. The molecule has 85 valence electrons. The molecule has 3 heteroatoms. The molecule has 0 bridgehead atoms. The molecule has 0 unspecified atom stereocenters. The maximum absolute atomic E-state index is 12.8. The number of nitrogens with zero attached hydrogens (tertiary/aromatic N) is 1. The first-order valence-electron chi connectivity index (χ1n) is 5.66. The van der Waals surface area contributed by atoms with Crippen LogP contribution in [0.4, 0.5) is 4.39 Å². The SMILES string of the molecule is Fc1cccc(CO/N=[C]\C2CCCC2)c1. The Morgan fingerprint density at radius 1 is 1.38 bits per heavy atom. The molecule has 0 aliphatic heterocycles. The van der Waals surface area contributed by atoms with Crippen molar-refractivity contribution in [3.8, 4) is 0 Å². The number of hydrogen-bond acceptors (Lipinski definition) is 2. The van der Waals surface area contributed by atoms with Crippen molar-refractivity contribution in [2.45, 2.75) is 32.3 Å². The average molecular weight is 220 g/mol. The van der Waals surface area contributed by atoms with Crippen molar-refractivity contribution >= 4 is 6.21 Å². The molecule has 0 atom stereocenters. The van der Waals surface area contributed by atoms with Crippen LogP contribution < -0.4 is 0 Å². The molecule has 1 aromatic carbocycles. The summed E-state index contributed by atoms with van der Waals surface area (Å²) < 4.78 is 12.8. The third-order valence-corrected chi connectivity index (χ3v) is 2.78. The number of halogens is 1. The molecule has 1 aliphatic carbocycles. The van der Waals surface area contributed by atoms with Gasteiger partial charge in [-0.15, -0.1) is 0 Å². The summed E-state index contributed by atoms with van der Waals surface area (Å²) in [5.41, 5.74) is 0.789. The molecule has 0 amide bonds. The van der Waals surface area contributed by atoms with E-state index in [0.717, 1.165) is 18.4 Å². The fourth-order valence-electron chi connectivity index (χ4n) is 1.90. The minimum atomic E-state index is -0.246. The molecule has 1 fully saturated rings. The molecule has 1 aromatic rings. The van der Waals surface area contributed by atoms with Crippen LogP contribution in [0, 0.1) is 11.7 Å². The lowest BCUT2D eigenvalue weighted by molar-refractivity contribution is 0.130. The molecule has 1 radical (unpaired) electrons. The molecule has 0 spiro atoms. The van der Waals surface area contributed by atoms with Gasteiger partial charge in [0, 0.05) is 5.92 Å². The Labute approximate surface area is 95.1 Å². The van der Waals surface area contributed by atoms with Gasteiger partial charge in [0.1, 0.15) is 18.6 Å². The predicted molar refractivity (Wildman–Crippen MR) is 60.6 cm³/mol. The summed E-state index contributed by atoms with van der Waals surface area (Å²) in [5.74, 6) is 0.206. The molecule has 1 aliphatic rings. The second kappa shape index (κ2) is 5.64. The Balaban J connectivity index is 1.75. The molecule has 0 heterocycles. The monoisotopic (exact) mass is 220 g/mol. The first-order valence-corrected chi connectivity index (χ1v) is 5.66. The lowest BCUT2D eigenvalue weighted by atomic mass is 10.1. The van der Waals surface area contributed by atoms with Crippen LogP contribution in [0.15, 0.2) is 29.4 Å². The van der Waals surface area contributed by atoms with Gasteiger partial charge in [0.05, 0.1) is 0 Å². The van der Waals surface area contributed by atoms with Gasteiger partial charge in [-0.05, 0) is 30.5 Å². The number of rotatable bonds is 4. The van der Waals surface area contributed by atoms with Crippen molar-refractivity contribution in [3.05, 3.63) is 35.6 Å². The lowest BCUT2D eigenvalue weighted by Gasteiger charge is -2.01. The van der Waals surface area contributed by atoms with E-state index in [1.165, 1.54) is 25.0 Å². The Hall–Kier alpha value is -1.38. The van der Waals surface area contributed by atoms with Gasteiger partial charge in [-0.1, -0.05) is 30.1 Å². The van der Waals surface area contributed by atoms with Crippen LogP contribution in [0.25, 0.3) is 0 Å². The molecule has 0 saturated heterocycles. The van der Waals surface area contributed by atoms with E-state index in [2.05, 4.69) is 11.4 Å². The Morgan fingerprint density at radius 2 is 2.19 bits per heavy atom. The van der Waals surface area contributed by atoms with E-state index < -0.39 is 0 Å². The fourth-order valence-corrected chi connectivity index (χ4v) is 1.90. The smallest absolute Gasteiger partial charge is 0.142 e. The van der Waals surface area contributed by atoms with E-state index in [-0.39, 0.29) is 5.82 Å². The van der Waals surface area contributed by atoms with Gasteiger partial charge in [0.25, 0.3) is 0 Å². The van der Waals surface area contributed by atoms with Crippen LogP contribution in [0.3, 0.4) is 0 Å². The van der Waals surface area contributed by atoms with Crippen molar-refractivity contribution < 1.29 is 9.23 Å². The van der Waals surface area contributed by atoms with E-state index in [4.69, 9.17) is 4.84 Å². The van der Waals surface area contributed by atoms with E-state index in [1.54, 1.807) is 6.07 Å². The molecule has 0 N–H and O–H groups in total. The highest BCUT2D eigenvalue weighted by atomic mass is 19.1. The van der Waals surface area contributed by atoms with Gasteiger partial charge in [-0.3, -0.25) is 0 Å². The van der Waals surface area contributed by atoms with Crippen LogP contribution in [0.2, 0.25) is 0 Å². The van der Waals surface area contributed by atoms with Crippen LogP contribution in [-0.2, 0) is 11.4 Å². The van der Waals surface area contributed by atoms with E-state index in [0.29, 0.717) is 12.5 Å². The zero-order valence-electron chi connectivity index (χ0n) is 9.16. The second-order valence-electron chi connectivity index (χ2n) is 4.11. The molecule has 0 aromatic heterocycles. The topological polar surface area (TPSA) is 21.6 Å². The van der Waals surface area contributed by atoms with Gasteiger partial charge in [-0.25, -0.2) is 4.39 Å². The summed E-state index contributed by atoms with van der Waals surface area (Å²) in [6, 6.07) is 6.34. The Bertz CT molecular complexity index is 359. The first-order chi connectivity index (χ1) is 7.84. The van der Waals surface area contributed by atoms with E-state index in [9.17, 15) is 4.39 Å². The molecular formula is C13H15FNO. The molecule has 2 nitrogen and oxygen atoms in total. The zero-order valence-corrected chi connectivity index (χ0v) is 9.16. The number of hydrogen-bond donors (Lipinski definition) is 0. The highest BCUT2D eigenvalue weighted by molar-refractivity contribution is 5.60. The van der Waals surface area contributed by atoms with Gasteiger partial charge in [0.15, 0.2) is 0 Å². The van der Waals surface area contributed by atoms with Crippen LogP contribution >= 0.6 is 0 Å². The maximum Gasteiger partial charge on any atom is 0.142 e. The summed E-state index contributed by atoms with van der Waals surface area (Å²) in [5, 5.41) is 3.81. The predicted octanol–water partition coefficient (Wildman–Crippen LogP) is 3.40. The Morgan fingerprint density at radius 3 is 2.94 bits per heavy atom. The van der Waals surface area contributed by atoms with Crippen LogP contribution in [0.1, 0.15) is 31.2 Å². The molecule has 2 rings (SSSR count). The van der Waals surface area contributed by atoms with Crippen molar-refractivity contribution in [1.29, 1.82) is 0 Å². The lowest BCUT2D eigenvalue weighted by Crippen LogP contribution is -1.95. The highest BCUT2D eigenvalue weighted by Crippen LogP contribution is 2.22. The van der Waals surface area contributed by atoms with Gasteiger partial charge in [-0.2, -0.15) is 0 Å². The van der Waals surface area contributed by atoms with Crippen molar-refractivity contribution in [2.75, 3.05) is 0 Å². The maximum atomic E-state index is 12.8. The third-order valence-electron chi connectivity index (χ3n) is 2.78. The first kappa shape index (κ1) is 11.1. The van der Waals surface area contributed by atoms with Gasteiger partial charge in [0.2, 0.25) is 0 Å². The van der Waals surface area contributed by atoms with Crippen molar-refractivity contribution in [3.63, 3.8) is 0 Å². The second-order valence-corrected chi connectivity index (χ2v) is 4.11. The summed E-state index contributed by atoms with van der Waals surface area (Å²) in [4.78, 5) is 5.08. The van der Waals surface area contributed by atoms with E-state index in [1.807, 2.05) is 6.07 Å². The van der Waals surface area contributed by atoms with Gasteiger partial charge >= 0.3 is 0 Å². The summed E-state index contributed by atoms with van der Waals surface area (Å²) in [7, 11) is 0. The quantitative estimate of drug-likeness (QED) is 0.563. The van der Waals surface area contributed by atoms with Crippen molar-refractivity contribution in [2.24, 2.45) is 11.1 Å². The Kier molecular flexibility index (Phi) is 3.91.